The zero-order chi connectivity index (χ0) is 22.8. The van der Waals surface area contributed by atoms with E-state index < -0.39 is 0 Å². The van der Waals surface area contributed by atoms with Gasteiger partial charge in [-0.3, -0.25) is 9.20 Å². The van der Waals surface area contributed by atoms with Gasteiger partial charge in [0.15, 0.2) is 0 Å². The Morgan fingerprint density at radius 1 is 0.618 bits per heavy atom. The molecule has 5 nitrogen and oxygen atoms in total. The molecule has 0 fully saturated rings. The Morgan fingerprint density at radius 3 is 2.03 bits per heavy atom. The lowest BCUT2D eigenvalue weighted by molar-refractivity contribution is 0.477. The van der Waals surface area contributed by atoms with E-state index >= 15 is 0 Å². The molecule has 0 atom stereocenters. The molecule has 0 bridgehead atoms. The molecule has 3 heterocycles. The summed E-state index contributed by atoms with van der Waals surface area (Å²) in [5.74, 6) is 0.196. The number of aromatic amines is 2. The van der Waals surface area contributed by atoms with Gasteiger partial charge >= 0.3 is 0 Å². The lowest BCUT2D eigenvalue weighted by Crippen LogP contribution is -2.13. The maximum atomic E-state index is 13.7. The summed E-state index contributed by atoms with van der Waals surface area (Å²) < 4.78 is 1.77. The van der Waals surface area contributed by atoms with Gasteiger partial charge < -0.3 is 15.1 Å². The van der Waals surface area contributed by atoms with Crippen LogP contribution in [0.3, 0.4) is 0 Å². The van der Waals surface area contributed by atoms with E-state index in [1.165, 1.54) is 0 Å². The molecule has 0 aliphatic rings. The van der Waals surface area contributed by atoms with Crippen LogP contribution >= 0.6 is 0 Å². The normalized spacial score (nSPS) is 11.8. The van der Waals surface area contributed by atoms with Gasteiger partial charge in [0.25, 0.3) is 5.56 Å². The van der Waals surface area contributed by atoms with Crippen molar-refractivity contribution in [2.75, 3.05) is 0 Å². The number of phenolic OH excluding ortho intramolecular Hbond substituents is 1. The Kier molecular flexibility index (Phi) is 3.79. The topological polar surface area (TPSA) is 73.3 Å². The zero-order valence-electron chi connectivity index (χ0n) is 18.0. The fourth-order valence-electron chi connectivity index (χ4n) is 5.14. The summed E-state index contributed by atoms with van der Waals surface area (Å²) in [5, 5.41) is 13.4. The number of benzene rings is 4. The van der Waals surface area contributed by atoms with Crippen molar-refractivity contribution in [3.8, 4) is 28.1 Å². The number of nitrogens with one attached hydrogen (secondary N) is 2. The van der Waals surface area contributed by atoms with Crippen LogP contribution in [0.5, 0.6) is 5.75 Å². The van der Waals surface area contributed by atoms with Gasteiger partial charge in [-0.05, 0) is 36.4 Å². The Balaban J connectivity index is 1.74. The number of H-pyrrole nitrogens is 2. The number of fused-ring (bicyclic) bond motifs is 5. The van der Waals surface area contributed by atoms with E-state index in [1.807, 2.05) is 84.9 Å². The molecule has 0 amide bonds. The first-order valence-electron chi connectivity index (χ1n) is 11.2. The van der Waals surface area contributed by atoms with E-state index in [0.29, 0.717) is 10.9 Å². The van der Waals surface area contributed by atoms with Crippen LogP contribution in [0.15, 0.2) is 102 Å². The summed E-state index contributed by atoms with van der Waals surface area (Å²) >= 11 is 0. The van der Waals surface area contributed by atoms with E-state index in [4.69, 9.17) is 0 Å². The van der Waals surface area contributed by atoms with Crippen molar-refractivity contribution in [3.63, 3.8) is 0 Å². The van der Waals surface area contributed by atoms with Crippen LogP contribution in [-0.4, -0.2) is 19.5 Å². The molecule has 0 aliphatic heterocycles. The van der Waals surface area contributed by atoms with Crippen LogP contribution in [0.4, 0.5) is 0 Å². The minimum atomic E-state index is -0.0595. The van der Waals surface area contributed by atoms with Crippen LogP contribution in [-0.2, 0) is 0 Å². The minimum Gasteiger partial charge on any atom is -0.507 e. The number of hydrogen-bond donors (Lipinski definition) is 3. The Morgan fingerprint density at radius 2 is 1.24 bits per heavy atom. The van der Waals surface area contributed by atoms with Crippen LogP contribution < -0.4 is 5.56 Å². The smallest absolute Gasteiger partial charge is 0.266 e. The molecule has 0 radical (unpaired) electrons. The largest absolute Gasteiger partial charge is 0.507 e. The average Bonchev–Trinajstić information content (AvgIpc) is 3.40. The molecule has 7 rings (SSSR count). The van der Waals surface area contributed by atoms with E-state index in [-0.39, 0.29) is 11.3 Å². The van der Waals surface area contributed by atoms with E-state index in [1.54, 1.807) is 10.5 Å². The van der Waals surface area contributed by atoms with Crippen LogP contribution in [0, 0.1) is 0 Å². The number of aromatic nitrogens is 3. The molecule has 5 heteroatoms. The number of aromatic hydroxyl groups is 1. The molecule has 3 aromatic heterocycles. The van der Waals surface area contributed by atoms with Gasteiger partial charge in [0, 0.05) is 33.0 Å². The van der Waals surface area contributed by atoms with Crippen molar-refractivity contribution < 1.29 is 5.11 Å². The van der Waals surface area contributed by atoms with Gasteiger partial charge in [0.1, 0.15) is 11.4 Å². The summed E-state index contributed by atoms with van der Waals surface area (Å²) in [5.41, 5.74) is 6.65. The van der Waals surface area contributed by atoms with Gasteiger partial charge in [-0.2, -0.15) is 0 Å². The molecule has 162 valence electrons. The van der Waals surface area contributed by atoms with Crippen molar-refractivity contribution in [3.05, 3.63) is 107 Å². The number of hydrogen-bond acceptors (Lipinski definition) is 2. The van der Waals surface area contributed by atoms with Gasteiger partial charge in [-0.1, -0.05) is 60.7 Å². The number of rotatable bonds is 2. The van der Waals surface area contributed by atoms with E-state index in [0.717, 1.165) is 49.8 Å². The Bertz CT molecular complexity index is 1960. The predicted octanol–water partition coefficient (Wildman–Crippen LogP) is 6.45. The lowest BCUT2D eigenvalue weighted by Gasteiger charge is -2.08. The fraction of sp³-hybridized carbons (Fsp3) is 0. The minimum absolute atomic E-state index is 0.0595. The highest BCUT2D eigenvalue weighted by molar-refractivity contribution is 6.15. The SMILES string of the molecule is O=c1c2ccccc2[nH]c2c(-c3c(-c4ccccc4O)[nH]c4ccccc34)c3ccccc3n12. The molecule has 0 unspecified atom stereocenters. The van der Waals surface area contributed by atoms with E-state index in [9.17, 15) is 9.90 Å². The molecular formula is C29H19N3O2. The molecule has 0 saturated heterocycles. The first-order valence-corrected chi connectivity index (χ1v) is 11.2. The van der Waals surface area contributed by atoms with Crippen LogP contribution in [0.1, 0.15) is 0 Å². The number of phenols is 1. The second-order valence-electron chi connectivity index (χ2n) is 8.49. The number of nitrogens with zero attached hydrogens (tertiary/aromatic N) is 1. The molecule has 0 spiro atoms. The zero-order valence-corrected chi connectivity index (χ0v) is 18.0. The second kappa shape index (κ2) is 6.86. The van der Waals surface area contributed by atoms with Crippen molar-refractivity contribution in [2.24, 2.45) is 0 Å². The average molecular weight is 441 g/mol. The highest BCUT2D eigenvalue weighted by atomic mass is 16.3. The Labute approximate surface area is 193 Å². The second-order valence-corrected chi connectivity index (χ2v) is 8.49. The molecular weight excluding hydrogens is 422 g/mol. The Hall–Kier alpha value is -4.77. The quantitative estimate of drug-likeness (QED) is 0.288. The van der Waals surface area contributed by atoms with Crippen molar-refractivity contribution in [1.82, 2.24) is 14.4 Å². The van der Waals surface area contributed by atoms with Crippen molar-refractivity contribution in [2.45, 2.75) is 0 Å². The fourth-order valence-corrected chi connectivity index (χ4v) is 5.14. The third-order valence-corrected chi connectivity index (χ3v) is 6.62. The predicted molar refractivity (Wildman–Crippen MR) is 137 cm³/mol. The summed E-state index contributed by atoms with van der Waals surface area (Å²) in [6.07, 6.45) is 0. The van der Waals surface area contributed by atoms with Crippen LogP contribution in [0.2, 0.25) is 0 Å². The molecule has 34 heavy (non-hydrogen) atoms. The summed E-state index contributed by atoms with van der Waals surface area (Å²) in [6, 6.07) is 31.0. The lowest BCUT2D eigenvalue weighted by atomic mass is 9.97. The van der Waals surface area contributed by atoms with Gasteiger partial charge in [0.2, 0.25) is 0 Å². The van der Waals surface area contributed by atoms with Crippen molar-refractivity contribution in [1.29, 1.82) is 0 Å². The highest BCUT2D eigenvalue weighted by Crippen LogP contribution is 2.45. The first-order chi connectivity index (χ1) is 16.7. The maximum absolute atomic E-state index is 13.7. The first kappa shape index (κ1) is 18.8. The molecule has 4 aromatic carbocycles. The highest BCUT2D eigenvalue weighted by Gasteiger charge is 2.24. The number of para-hydroxylation sites is 4. The molecule has 0 aliphatic carbocycles. The molecule has 7 aromatic rings. The van der Waals surface area contributed by atoms with Gasteiger partial charge in [0.05, 0.1) is 22.1 Å². The van der Waals surface area contributed by atoms with Gasteiger partial charge in [-0.15, -0.1) is 0 Å². The summed E-state index contributed by atoms with van der Waals surface area (Å²) in [6.45, 7) is 0. The van der Waals surface area contributed by atoms with E-state index in [2.05, 4.69) is 16.0 Å². The summed E-state index contributed by atoms with van der Waals surface area (Å²) in [7, 11) is 0. The molecule has 3 N–H and O–H groups in total. The van der Waals surface area contributed by atoms with Crippen LogP contribution in [0.25, 0.3) is 60.7 Å². The summed E-state index contributed by atoms with van der Waals surface area (Å²) in [4.78, 5) is 20.7. The van der Waals surface area contributed by atoms with Gasteiger partial charge in [-0.25, -0.2) is 0 Å². The molecule has 0 saturated carbocycles. The maximum Gasteiger partial charge on any atom is 0.266 e. The van der Waals surface area contributed by atoms with Crippen molar-refractivity contribution >= 4 is 38.4 Å². The third kappa shape index (κ3) is 2.46. The third-order valence-electron chi connectivity index (χ3n) is 6.62. The standard InChI is InChI=1S/C29H19N3O2/c33-24-16-8-4-12-20(24)27-25(17-9-1-5-13-21(17)30-27)26-19-11-3-7-15-23(19)32-28(26)31-22-14-6-2-10-18(22)29(32)34/h1-16,30-31,33H. The monoisotopic (exact) mass is 441 g/mol.